The van der Waals surface area contributed by atoms with Crippen molar-refractivity contribution < 1.29 is 4.74 Å². The Morgan fingerprint density at radius 2 is 1.72 bits per heavy atom. The maximum Gasteiger partial charge on any atom is 0.132 e. The zero-order valence-corrected chi connectivity index (χ0v) is 11.4. The summed E-state index contributed by atoms with van der Waals surface area (Å²) in [5.41, 5.74) is 2.13. The molecule has 0 fully saturated rings. The first-order chi connectivity index (χ1) is 8.60. The Morgan fingerprint density at radius 3 is 2.28 bits per heavy atom. The Kier molecular flexibility index (Phi) is 3.72. The molecule has 1 heterocycles. The van der Waals surface area contributed by atoms with E-state index < -0.39 is 0 Å². The molecule has 0 bridgehead atoms. The lowest BCUT2D eigenvalue weighted by molar-refractivity contribution is 0.415. The van der Waals surface area contributed by atoms with Crippen molar-refractivity contribution in [2.45, 2.75) is 0 Å². The minimum atomic E-state index is 0.493. The minimum absolute atomic E-state index is 0.493. The van der Waals surface area contributed by atoms with Crippen LogP contribution in [0.2, 0.25) is 5.15 Å². The SMILES string of the molecule is COc1ccc(-c2cc(Cl)nc(N(C)C)c2)cc1. The number of benzene rings is 1. The van der Waals surface area contributed by atoms with Crippen molar-refractivity contribution in [3.63, 3.8) is 0 Å². The summed E-state index contributed by atoms with van der Waals surface area (Å²) in [6, 6.07) is 11.7. The van der Waals surface area contributed by atoms with Gasteiger partial charge in [-0.25, -0.2) is 4.98 Å². The molecule has 0 amide bonds. The summed E-state index contributed by atoms with van der Waals surface area (Å²) in [4.78, 5) is 6.19. The van der Waals surface area contributed by atoms with Crippen LogP contribution in [0, 0.1) is 0 Å². The molecule has 0 radical (unpaired) electrons. The lowest BCUT2D eigenvalue weighted by atomic mass is 10.1. The summed E-state index contributed by atoms with van der Waals surface area (Å²) < 4.78 is 5.14. The van der Waals surface area contributed by atoms with Gasteiger partial charge in [-0.05, 0) is 35.4 Å². The molecule has 0 spiro atoms. The second-order valence-electron chi connectivity index (χ2n) is 4.16. The molecule has 0 aliphatic rings. The maximum atomic E-state index is 6.04. The van der Waals surface area contributed by atoms with Gasteiger partial charge in [0.15, 0.2) is 0 Å². The number of rotatable bonds is 3. The average molecular weight is 263 g/mol. The third kappa shape index (κ3) is 2.74. The van der Waals surface area contributed by atoms with E-state index in [-0.39, 0.29) is 0 Å². The number of halogens is 1. The van der Waals surface area contributed by atoms with Crippen LogP contribution in [0.3, 0.4) is 0 Å². The van der Waals surface area contributed by atoms with Crippen LogP contribution in [-0.4, -0.2) is 26.2 Å². The predicted octanol–water partition coefficient (Wildman–Crippen LogP) is 3.48. The van der Waals surface area contributed by atoms with E-state index in [4.69, 9.17) is 16.3 Å². The van der Waals surface area contributed by atoms with Gasteiger partial charge in [-0.15, -0.1) is 0 Å². The topological polar surface area (TPSA) is 25.4 Å². The van der Waals surface area contributed by atoms with Crippen molar-refractivity contribution >= 4 is 17.4 Å². The van der Waals surface area contributed by atoms with E-state index in [1.807, 2.05) is 55.4 Å². The molecule has 1 aromatic heterocycles. The Labute approximate surface area is 112 Å². The summed E-state index contributed by atoms with van der Waals surface area (Å²) in [6.07, 6.45) is 0. The summed E-state index contributed by atoms with van der Waals surface area (Å²) >= 11 is 6.04. The van der Waals surface area contributed by atoms with Crippen LogP contribution < -0.4 is 9.64 Å². The molecule has 0 unspecified atom stereocenters. The molecular formula is C14H15ClN2O. The molecule has 94 valence electrons. The Balaban J connectivity index is 2.42. The van der Waals surface area contributed by atoms with Gasteiger partial charge in [0.2, 0.25) is 0 Å². The van der Waals surface area contributed by atoms with Crippen molar-refractivity contribution in [1.29, 1.82) is 0 Å². The van der Waals surface area contributed by atoms with Gasteiger partial charge in [0, 0.05) is 14.1 Å². The first-order valence-electron chi connectivity index (χ1n) is 5.59. The van der Waals surface area contributed by atoms with E-state index in [1.54, 1.807) is 7.11 Å². The monoisotopic (exact) mass is 262 g/mol. The van der Waals surface area contributed by atoms with Crippen LogP contribution >= 0.6 is 11.6 Å². The van der Waals surface area contributed by atoms with Crippen molar-refractivity contribution in [2.24, 2.45) is 0 Å². The number of anilines is 1. The lowest BCUT2D eigenvalue weighted by Gasteiger charge is -2.13. The van der Waals surface area contributed by atoms with Crippen molar-refractivity contribution in [1.82, 2.24) is 4.98 Å². The van der Waals surface area contributed by atoms with Crippen molar-refractivity contribution in [3.8, 4) is 16.9 Å². The Hall–Kier alpha value is -1.74. The van der Waals surface area contributed by atoms with Gasteiger partial charge in [0.1, 0.15) is 16.7 Å². The second kappa shape index (κ2) is 5.27. The largest absolute Gasteiger partial charge is 0.497 e. The summed E-state index contributed by atoms with van der Waals surface area (Å²) in [7, 11) is 5.54. The first-order valence-corrected chi connectivity index (χ1v) is 5.97. The molecule has 18 heavy (non-hydrogen) atoms. The number of ether oxygens (including phenoxy) is 1. The highest BCUT2D eigenvalue weighted by atomic mass is 35.5. The van der Waals surface area contributed by atoms with Gasteiger partial charge < -0.3 is 9.64 Å². The van der Waals surface area contributed by atoms with E-state index in [0.717, 1.165) is 22.7 Å². The molecule has 0 saturated heterocycles. The molecule has 0 N–H and O–H groups in total. The smallest absolute Gasteiger partial charge is 0.132 e. The van der Waals surface area contributed by atoms with Crippen LogP contribution in [0.4, 0.5) is 5.82 Å². The number of hydrogen-bond donors (Lipinski definition) is 0. The molecule has 4 heteroatoms. The maximum absolute atomic E-state index is 6.04. The summed E-state index contributed by atoms with van der Waals surface area (Å²) in [5, 5.41) is 0.493. The van der Waals surface area contributed by atoms with Crippen LogP contribution in [0.5, 0.6) is 5.75 Å². The highest BCUT2D eigenvalue weighted by Gasteiger charge is 2.05. The second-order valence-corrected chi connectivity index (χ2v) is 4.55. The predicted molar refractivity (Wildman–Crippen MR) is 75.6 cm³/mol. The van der Waals surface area contributed by atoms with Gasteiger partial charge in [-0.3, -0.25) is 0 Å². The number of hydrogen-bond acceptors (Lipinski definition) is 3. The number of nitrogens with zero attached hydrogens (tertiary/aromatic N) is 2. The molecule has 3 nitrogen and oxygen atoms in total. The molecule has 1 aromatic carbocycles. The van der Waals surface area contributed by atoms with Gasteiger partial charge in [0.25, 0.3) is 0 Å². The number of aromatic nitrogens is 1. The molecule has 2 rings (SSSR count). The van der Waals surface area contributed by atoms with Crippen LogP contribution in [-0.2, 0) is 0 Å². The van der Waals surface area contributed by atoms with Crippen LogP contribution in [0.15, 0.2) is 36.4 Å². The zero-order valence-electron chi connectivity index (χ0n) is 10.6. The Morgan fingerprint density at radius 1 is 1.06 bits per heavy atom. The third-order valence-electron chi connectivity index (χ3n) is 2.66. The third-order valence-corrected chi connectivity index (χ3v) is 2.86. The fourth-order valence-electron chi connectivity index (χ4n) is 1.66. The van der Waals surface area contributed by atoms with E-state index in [9.17, 15) is 0 Å². The van der Waals surface area contributed by atoms with E-state index in [2.05, 4.69) is 4.98 Å². The van der Waals surface area contributed by atoms with E-state index in [1.165, 1.54) is 0 Å². The molecule has 0 aliphatic heterocycles. The van der Waals surface area contributed by atoms with Gasteiger partial charge in [-0.2, -0.15) is 0 Å². The Bertz CT molecular complexity index is 538. The normalized spacial score (nSPS) is 10.2. The van der Waals surface area contributed by atoms with E-state index in [0.29, 0.717) is 5.15 Å². The summed E-state index contributed by atoms with van der Waals surface area (Å²) in [6.45, 7) is 0. The molecular weight excluding hydrogens is 248 g/mol. The van der Waals surface area contributed by atoms with Crippen LogP contribution in [0.1, 0.15) is 0 Å². The highest BCUT2D eigenvalue weighted by Crippen LogP contribution is 2.27. The van der Waals surface area contributed by atoms with Crippen LogP contribution in [0.25, 0.3) is 11.1 Å². The number of pyridine rings is 1. The van der Waals surface area contributed by atoms with Crippen molar-refractivity contribution in [3.05, 3.63) is 41.6 Å². The van der Waals surface area contributed by atoms with Gasteiger partial charge >= 0.3 is 0 Å². The van der Waals surface area contributed by atoms with E-state index >= 15 is 0 Å². The molecule has 0 atom stereocenters. The zero-order chi connectivity index (χ0) is 13.1. The minimum Gasteiger partial charge on any atom is -0.497 e. The highest BCUT2D eigenvalue weighted by molar-refractivity contribution is 6.29. The van der Waals surface area contributed by atoms with Gasteiger partial charge in [0.05, 0.1) is 7.11 Å². The quantitative estimate of drug-likeness (QED) is 0.792. The lowest BCUT2D eigenvalue weighted by Crippen LogP contribution is -2.10. The fraction of sp³-hybridized carbons (Fsp3) is 0.214. The molecule has 2 aromatic rings. The standard InChI is InChI=1S/C14H15ClN2O/c1-17(2)14-9-11(8-13(15)16-14)10-4-6-12(18-3)7-5-10/h4-9H,1-3H3. The van der Waals surface area contributed by atoms with Crippen molar-refractivity contribution in [2.75, 3.05) is 26.1 Å². The summed E-state index contributed by atoms with van der Waals surface area (Å²) in [5.74, 6) is 1.68. The number of methoxy groups -OCH3 is 1. The first kappa shape index (κ1) is 12.7. The molecule has 0 aliphatic carbocycles. The average Bonchev–Trinajstić information content (AvgIpc) is 2.38. The fourth-order valence-corrected chi connectivity index (χ4v) is 1.87. The van der Waals surface area contributed by atoms with Gasteiger partial charge in [-0.1, -0.05) is 23.7 Å². The molecule has 0 saturated carbocycles.